The van der Waals surface area contributed by atoms with E-state index in [0.29, 0.717) is 12.4 Å². The topological polar surface area (TPSA) is 85.5 Å². The van der Waals surface area contributed by atoms with Gasteiger partial charge in [-0.05, 0) is 18.2 Å². The second-order valence-electron chi connectivity index (χ2n) is 5.19. The van der Waals surface area contributed by atoms with E-state index >= 15 is 0 Å². The lowest BCUT2D eigenvalue weighted by atomic mass is 10.1. The first-order valence-electron chi connectivity index (χ1n) is 7.09. The average Bonchev–Trinajstić information content (AvgIpc) is 2.96. The number of hydrogen-bond acceptors (Lipinski definition) is 5. The van der Waals surface area contributed by atoms with Crippen LogP contribution < -0.4 is 10.5 Å². The highest BCUT2D eigenvalue weighted by molar-refractivity contribution is 5.99. The second-order valence-corrected chi connectivity index (χ2v) is 5.19. The third-order valence-corrected chi connectivity index (χ3v) is 3.76. The molecule has 1 aromatic heterocycles. The minimum Gasteiger partial charge on any atom is -0.488 e. The average molecular weight is 333 g/mol. The van der Waals surface area contributed by atoms with Gasteiger partial charge in [0.05, 0.1) is 18.2 Å². The zero-order valence-corrected chi connectivity index (χ0v) is 12.4. The number of anilines is 1. The fourth-order valence-electron chi connectivity index (χ4n) is 2.68. The summed E-state index contributed by atoms with van der Waals surface area (Å²) in [7, 11) is 0. The highest BCUT2D eigenvalue weighted by atomic mass is 19.1. The number of aldehydes is 1. The van der Waals surface area contributed by atoms with Gasteiger partial charge in [0.25, 0.3) is 5.91 Å². The SMILES string of the molecule is Nc1ncccc1C(=O)N(CC=O)C1COc2c(F)cc(F)cc21. The Morgan fingerprint density at radius 3 is 2.96 bits per heavy atom. The number of rotatable bonds is 4. The van der Waals surface area contributed by atoms with Crippen molar-refractivity contribution in [3.05, 3.63) is 53.2 Å². The molecule has 1 atom stereocenters. The molecule has 6 nitrogen and oxygen atoms in total. The van der Waals surface area contributed by atoms with Crippen LogP contribution in [0.4, 0.5) is 14.6 Å². The van der Waals surface area contributed by atoms with Crippen molar-refractivity contribution in [2.45, 2.75) is 6.04 Å². The lowest BCUT2D eigenvalue weighted by molar-refractivity contribution is -0.108. The van der Waals surface area contributed by atoms with E-state index < -0.39 is 23.6 Å². The van der Waals surface area contributed by atoms with Crippen molar-refractivity contribution in [2.75, 3.05) is 18.9 Å². The van der Waals surface area contributed by atoms with Gasteiger partial charge in [0.15, 0.2) is 11.6 Å². The van der Waals surface area contributed by atoms with Gasteiger partial charge in [-0.2, -0.15) is 0 Å². The van der Waals surface area contributed by atoms with Gasteiger partial charge in [-0.1, -0.05) is 0 Å². The molecule has 0 aliphatic carbocycles. The summed E-state index contributed by atoms with van der Waals surface area (Å²) in [5, 5.41) is 0. The maximum atomic E-state index is 13.8. The van der Waals surface area contributed by atoms with Crippen LogP contribution in [0.15, 0.2) is 30.5 Å². The predicted octanol–water partition coefficient (Wildman–Crippen LogP) is 1.72. The molecule has 0 saturated heterocycles. The van der Waals surface area contributed by atoms with Gasteiger partial charge in [-0.15, -0.1) is 0 Å². The number of nitrogen functional groups attached to an aromatic ring is 1. The van der Waals surface area contributed by atoms with Crippen LogP contribution in [0.5, 0.6) is 5.75 Å². The number of halogens is 2. The number of ether oxygens (including phenoxy) is 1. The van der Waals surface area contributed by atoms with Crippen LogP contribution in [0.3, 0.4) is 0 Å². The molecule has 2 heterocycles. The molecule has 8 heteroatoms. The third kappa shape index (κ3) is 2.66. The molecule has 0 spiro atoms. The number of fused-ring (bicyclic) bond motifs is 1. The lowest BCUT2D eigenvalue weighted by Crippen LogP contribution is -2.37. The Morgan fingerprint density at radius 1 is 1.46 bits per heavy atom. The summed E-state index contributed by atoms with van der Waals surface area (Å²) in [6.45, 7) is -0.367. The summed E-state index contributed by atoms with van der Waals surface area (Å²) >= 11 is 0. The Bertz CT molecular complexity index is 813. The maximum absolute atomic E-state index is 13.8. The Labute approximate surface area is 135 Å². The molecule has 1 amide bonds. The van der Waals surface area contributed by atoms with Gasteiger partial charge in [0.1, 0.15) is 24.5 Å². The highest BCUT2D eigenvalue weighted by Crippen LogP contribution is 2.39. The van der Waals surface area contributed by atoms with E-state index in [1.807, 2.05) is 0 Å². The molecule has 1 aromatic carbocycles. The Hall–Kier alpha value is -3.03. The summed E-state index contributed by atoms with van der Waals surface area (Å²) in [4.78, 5) is 28.7. The molecule has 2 aromatic rings. The molecule has 1 aliphatic heterocycles. The van der Waals surface area contributed by atoms with Gasteiger partial charge in [-0.25, -0.2) is 13.8 Å². The van der Waals surface area contributed by atoms with Crippen molar-refractivity contribution in [1.29, 1.82) is 0 Å². The maximum Gasteiger partial charge on any atom is 0.258 e. The summed E-state index contributed by atoms with van der Waals surface area (Å²) in [6.07, 6.45) is 1.95. The molecule has 24 heavy (non-hydrogen) atoms. The predicted molar refractivity (Wildman–Crippen MR) is 80.3 cm³/mol. The highest BCUT2D eigenvalue weighted by Gasteiger charge is 2.35. The van der Waals surface area contributed by atoms with Crippen molar-refractivity contribution in [2.24, 2.45) is 0 Å². The first-order chi connectivity index (χ1) is 11.5. The molecule has 0 fully saturated rings. The minimum absolute atomic E-state index is 0.00274. The van der Waals surface area contributed by atoms with E-state index in [0.717, 1.165) is 11.0 Å². The van der Waals surface area contributed by atoms with Crippen LogP contribution in [0, 0.1) is 11.6 Å². The van der Waals surface area contributed by atoms with Crippen molar-refractivity contribution in [3.63, 3.8) is 0 Å². The summed E-state index contributed by atoms with van der Waals surface area (Å²) in [5.74, 6) is -2.33. The number of carbonyl (C=O) groups excluding carboxylic acids is 2. The smallest absolute Gasteiger partial charge is 0.258 e. The second kappa shape index (κ2) is 6.23. The molecule has 0 bridgehead atoms. The van der Waals surface area contributed by atoms with Crippen molar-refractivity contribution in [3.8, 4) is 5.75 Å². The Kier molecular flexibility index (Phi) is 4.11. The molecule has 1 aliphatic rings. The molecule has 0 radical (unpaired) electrons. The van der Waals surface area contributed by atoms with Gasteiger partial charge < -0.3 is 20.2 Å². The monoisotopic (exact) mass is 333 g/mol. The first-order valence-corrected chi connectivity index (χ1v) is 7.09. The van der Waals surface area contributed by atoms with E-state index in [-0.39, 0.29) is 35.8 Å². The first kappa shape index (κ1) is 15.9. The molecule has 124 valence electrons. The Morgan fingerprint density at radius 2 is 2.25 bits per heavy atom. The van der Waals surface area contributed by atoms with Gasteiger partial charge in [-0.3, -0.25) is 4.79 Å². The van der Waals surface area contributed by atoms with Gasteiger partial charge in [0.2, 0.25) is 0 Å². The standard InChI is InChI=1S/C16H13F2N3O3/c17-9-6-11-13(8-24-14(11)12(18)7-9)21(4-5-22)16(23)10-2-1-3-20-15(10)19/h1-3,5-7,13H,4,8H2,(H2,19,20). The molecular weight excluding hydrogens is 320 g/mol. The number of pyridine rings is 1. The molecule has 0 saturated carbocycles. The van der Waals surface area contributed by atoms with E-state index in [1.165, 1.54) is 18.3 Å². The van der Waals surface area contributed by atoms with Crippen LogP contribution in [0.1, 0.15) is 22.0 Å². The van der Waals surface area contributed by atoms with Crippen molar-refractivity contribution < 1.29 is 23.1 Å². The van der Waals surface area contributed by atoms with Crippen LogP contribution in [0.2, 0.25) is 0 Å². The largest absolute Gasteiger partial charge is 0.488 e. The van der Waals surface area contributed by atoms with Crippen LogP contribution >= 0.6 is 0 Å². The van der Waals surface area contributed by atoms with Crippen molar-refractivity contribution in [1.82, 2.24) is 9.88 Å². The summed E-state index contributed by atoms with van der Waals surface area (Å²) in [6, 6.07) is 3.98. The number of aromatic nitrogens is 1. The number of hydrogen-bond donors (Lipinski definition) is 1. The molecular formula is C16H13F2N3O3. The number of nitrogens with zero attached hydrogens (tertiary/aromatic N) is 2. The molecule has 3 rings (SSSR count). The zero-order chi connectivity index (χ0) is 17.3. The van der Waals surface area contributed by atoms with E-state index in [2.05, 4.69) is 4.98 Å². The fourth-order valence-corrected chi connectivity index (χ4v) is 2.68. The third-order valence-electron chi connectivity index (χ3n) is 3.76. The number of amides is 1. The summed E-state index contributed by atoms with van der Waals surface area (Å²) < 4.78 is 32.6. The lowest BCUT2D eigenvalue weighted by Gasteiger charge is -2.26. The molecule has 1 unspecified atom stereocenters. The van der Waals surface area contributed by atoms with Gasteiger partial charge in [0, 0.05) is 17.8 Å². The van der Waals surface area contributed by atoms with Crippen LogP contribution in [-0.4, -0.2) is 35.2 Å². The summed E-state index contributed by atoms with van der Waals surface area (Å²) in [5.41, 5.74) is 5.97. The fraction of sp³-hybridized carbons (Fsp3) is 0.188. The minimum atomic E-state index is -0.855. The van der Waals surface area contributed by atoms with Crippen LogP contribution in [0.25, 0.3) is 0 Å². The number of carbonyl (C=O) groups is 2. The van der Waals surface area contributed by atoms with Gasteiger partial charge >= 0.3 is 0 Å². The zero-order valence-electron chi connectivity index (χ0n) is 12.4. The quantitative estimate of drug-likeness (QED) is 0.861. The van der Waals surface area contributed by atoms with E-state index in [1.54, 1.807) is 0 Å². The van der Waals surface area contributed by atoms with E-state index in [4.69, 9.17) is 10.5 Å². The normalized spacial score (nSPS) is 15.5. The van der Waals surface area contributed by atoms with Crippen molar-refractivity contribution >= 4 is 18.0 Å². The van der Waals surface area contributed by atoms with Crippen LogP contribution in [-0.2, 0) is 4.79 Å². The van der Waals surface area contributed by atoms with E-state index in [9.17, 15) is 18.4 Å². The Balaban J connectivity index is 2.01. The number of nitrogens with two attached hydrogens (primary N) is 1. The molecule has 2 N–H and O–H groups in total. The number of benzene rings is 1.